The van der Waals surface area contributed by atoms with Gasteiger partial charge in [0.25, 0.3) is 5.91 Å². The number of anilines is 1. The standard InChI is InChI=1S/C16H23N3O3/c1-10-8-13(16(17)21)15(22-3)9-14(10)18-12-4-6-19(7-5-12)11(2)20/h8-9,12,18H,4-7H2,1-3H3,(H2,17,21). The molecule has 1 aromatic rings. The summed E-state index contributed by atoms with van der Waals surface area (Å²) in [6.07, 6.45) is 1.80. The van der Waals surface area contributed by atoms with Crippen LogP contribution in [0, 0.1) is 6.92 Å². The summed E-state index contributed by atoms with van der Waals surface area (Å²) in [4.78, 5) is 24.6. The summed E-state index contributed by atoms with van der Waals surface area (Å²) in [5.41, 5.74) is 7.63. The smallest absolute Gasteiger partial charge is 0.252 e. The van der Waals surface area contributed by atoms with Gasteiger partial charge in [0.1, 0.15) is 5.75 Å². The lowest BCUT2D eigenvalue weighted by molar-refractivity contribution is -0.129. The van der Waals surface area contributed by atoms with E-state index in [1.165, 1.54) is 7.11 Å². The fourth-order valence-corrected chi connectivity index (χ4v) is 2.76. The van der Waals surface area contributed by atoms with Crippen molar-refractivity contribution in [2.75, 3.05) is 25.5 Å². The Bertz CT molecular complexity index is 578. The van der Waals surface area contributed by atoms with Crippen molar-refractivity contribution >= 4 is 17.5 Å². The molecule has 1 aliphatic heterocycles. The number of rotatable bonds is 4. The maximum Gasteiger partial charge on any atom is 0.252 e. The number of nitrogens with one attached hydrogen (secondary N) is 1. The summed E-state index contributed by atoms with van der Waals surface area (Å²) in [7, 11) is 1.52. The summed E-state index contributed by atoms with van der Waals surface area (Å²) in [5.74, 6) is 0.102. The van der Waals surface area contributed by atoms with Gasteiger partial charge in [-0.25, -0.2) is 0 Å². The summed E-state index contributed by atoms with van der Waals surface area (Å²) in [5, 5.41) is 3.48. The van der Waals surface area contributed by atoms with E-state index in [1.54, 1.807) is 13.0 Å². The van der Waals surface area contributed by atoms with E-state index in [2.05, 4.69) is 5.32 Å². The van der Waals surface area contributed by atoms with Gasteiger partial charge in [-0.05, 0) is 31.4 Å². The number of nitrogens with two attached hydrogens (primary N) is 1. The molecular weight excluding hydrogens is 282 g/mol. The number of methoxy groups -OCH3 is 1. The molecular formula is C16H23N3O3. The predicted molar refractivity (Wildman–Crippen MR) is 85.1 cm³/mol. The Labute approximate surface area is 130 Å². The molecule has 2 rings (SSSR count). The average molecular weight is 305 g/mol. The van der Waals surface area contributed by atoms with Gasteiger partial charge < -0.3 is 20.7 Å². The molecule has 2 amide bonds. The number of aryl methyl sites for hydroxylation is 1. The van der Waals surface area contributed by atoms with Gasteiger partial charge in [0.2, 0.25) is 5.91 Å². The molecule has 0 saturated carbocycles. The Morgan fingerprint density at radius 1 is 1.32 bits per heavy atom. The number of piperidine rings is 1. The van der Waals surface area contributed by atoms with Crippen molar-refractivity contribution < 1.29 is 14.3 Å². The number of carbonyl (C=O) groups is 2. The zero-order valence-corrected chi connectivity index (χ0v) is 13.3. The molecule has 22 heavy (non-hydrogen) atoms. The van der Waals surface area contributed by atoms with Gasteiger partial charge in [-0.1, -0.05) is 0 Å². The van der Waals surface area contributed by atoms with Crippen molar-refractivity contribution in [3.05, 3.63) is 23.3 Å². The molecule has 0 aliphatic carbocycles. The maximum atomic E-state index is 11.4. The van der Waals surface area contributed by atoms with Crippen LogP contribution >= 0.6 is 0 Å². The van der Waals surface area contributed by atoms with E-state index in [4.69, 9.17) is 10.5 Å². The molecule has 6 nitrogen and oxygen atoms in total. The molecule has 0 aromatic heterocycles. The SMILES string of the molecule is COc1cc(NC2CCN(C(C)=O)CC2)c(C)cc1C(N)=O. The number of ether oxygens (including phenoxy) is 1. The van der Waals surface area contributed by atoms with Crippen LogP contribution in [-0.2, 0) is 4.79 Å². The van der Waals surface area contributed by atoms with Crippen molar-refractivity contribution in [1.82, 2.24) is 4.90 Å². The van der Waals surface area contributed by atoms with Gasteiger partial charge in [0, 0.05) is 37.8 Å². The predicted octanol–water partition coefficient (Wildman–Crippen LogP) is 1.53. The Hall–Kier alpha value is -2.24. The first-order chi connectivity index (χ1) is 10.4. The molecule has 120 valence electrons. The highest BCUT2D eigenvalue weighted by Crippen LogP contribution is 2.28. The molecule has 0 bridgehead atoms. The molecule has 1 aromatic carbocycles. The van der Waals surface area contributed by atoms with E-state index >= 15 is 0 Å². The third kappa shape index (κ3) is 3.50. The van der Waals surface area contributed by atoms with Gasteiger partial charge in [-0.3, -0.25) is 9.59 Å². The molecule has 1 saturated heterocycles. The highest BCUT2D eigenvalue weighted by Gasteiger charge is 2.21. The fraction of sp³-hybridized carbons (Fsp3) is 0.500. The van der Waals surface area contributed by atoms with Crippen molar-refractivity contribution in [3.63, 3.8) is 0 Å². The van der Waals surface area contributed by atoms with Crippen molar-refractivity contribution in [2.24, 2.45) is 5.73 Å². The van der Waals surface area contributed by atoms with Crippen molar-refractivity contribution in [2.45, 2.75) is 32.7 Å². The Balaban J connectivity index is 2.10. The maximum absolute atomic E-state index is 11.4. The fourth-order valence-electron chi connectivity index (χ4n) is 2.76. The number of hydrogen-bond donors (Lipinski definition) is 2. The summed E-state index contributed by atoms with van der Waals surface area (Å²) < 4.78 is 5.25. The van der Waals surface area contributed by atoms with Crippen LogP contribution in [0.2, 0.25) is 0 Å². The summed E-state index contributed by atoms with van der Waals surface area (Å²) in [6.45, 7) is 5.06. The van der Waals surface area contributed by atoms with Crippen LogP contribution in [0.5, 0.6) is 5.75 Å². The normalized spacial score (nSPS) is 15.5. The van der Waals surface area contributed by atoms with E-state index in [-0.39, 0.29) is 5.91 Å². The Morgan fingerprint density at radius 3 is 2.45 bits per heavy atom. The topological polar surface area (TPSA) is 84.7 Å². The Kier molecular flexibility index (Phi) is 4.90. The van der Waals surface area contributed by atoms with Crippen LogP contribution in [0.15, 0.2) is 12.1 Å². The second-order valence-electron chi connectivity index (χ2n) is 5.66. The second kappa shape index (κ2) is 6.68. The van der Waals surface area contributed by atoms with E-state index in [0.717, 1.165) is 37.2 Å². The molecule has 1 fully saturated rings. The van der Waals surface area contributed by atoms with Crippen molar-refractivity contribution in [3.8, 4) is 5.75 Å². The largest absolute Gasteiger partial charge is 0.496 e. The number of nitrogens with zero attached hydrogens (tertiary/aromatic N) is 1. The van der Waals surface area contributed by atoms with E-state index in [1.807, 2.05) is 17.9 Å². The van der Waals surface area contributed by atoms with E-state index < -0.39 is 5.91 Å². The molecule has 0 atom stereocenters. The van der Waals surface area contributed by atoms with Gasteiger partial charge >= 0.3 is 0 Å². The molecule has 3 N–H and O–H groups in total. The summed E-state index contributed by atoms with van der Waals surface area (Å²) in [6, 6.07) is 3.86. The highest BCUT2D eigenvalue weighted by molar-refractivity contribution is 5.96. The minimum Gasteiger partial charge on any atom is -0.496 e. The summed E-state index contributed by atoms with van der Waals surface area (Å²) >= 11 is 0. The molecule has 0 spiro atoms. The van der Waals surface area contributed by atoms with Crippen LogP contribution in [-0.4, -0.2) is 43.0 Å². The van der Waals surface area contributed by atoms with Crippen molar-refractivity contribution in [1.29, 1.82) is 0 Å². The van der Waals surface area contributed by atoms with Gasteiger partial charge in [-0.2, -0.15) is 0 Å². The van der Waals surface area contributed by atoms with Gasteiger partial charge in [0.05, 0.1) is 12.7 Å². The first kappa shape index (κ1) is 16.1. The average Bonchev–Trinajstić information content (AvgIpc) is 2.49. The number of carbonyl (C=O) groups excluding carboxylic acids is 2. The zero-order chi connectivity index (χ0) is 16.3. The first-order valence-corrected chi connectivity index (χ1v) is 7.43. The first-order valence-electron chi connectivity index (χ1n) is 7.43. The Morgan fingerprint density at radius 2 is 1.95 bits per heavy atom. The number of amides is 2. The van der Waals surface area contributed by atoms with Gasteiger partial charge in [-0.15, -0.1) is 0 Å². The lowest BCUT2D eigenvalue weighted by atomic mass is 10.0. The van der Waals surface area contributed by atoms with Crippen LogP contribution in [0.25, 0.3) is 0 Å². The van der Waals surface area contributed by atoms with E-state index in [9.17, 15) is 9.59 Å². The molecule has 6 heteroatoms. The minimum atomic E-state index is -0.499. The quantitative estimate of drug-likeness (QED) is 0.883. The number of benzene rings is 1. The molecule has 0 radical (unpaired) electrons. The number of hydrogen-bond acceptors (Lipinski definition) is 4. The minimum absolute atomic E-state index is 0.127. The third-order valence-corrected chi connectivity index (χ3v) is 4.11. The highest BCUT2D eigenvalue weighted by atomic mass is 16.5. The zero-order valence-electron chi connectivity index (χ0n) is 13.3. The third-order valence-electron chi connectivity index (χ3n) is 4.11. The van der Waals surface area contributed by atoms with Crippen LogP contribution < -0.4 is 15.8 Å². The van der Waals surface area contributed by atoms with E-state index in [0.29, 0.717) is 17.4 Å². The van der Waals surface area contributed by atoms with Gasteiger partial charge in [0.15, 0.2) is 0 Å². The monoisotopic (exact) mass is 305 g/mol. The number of primary amides is 1. The lowest BCUT2D eigenvalue weighted by Crippen LogP contribution is -2.41. The second-order valence-corrected chi connectivity index (χ2v) is 5.66. The molecule has 1 aliphatic rings. The molecule has 0 unspecified atom stereocenters. The number of likely N-dealkylation sites (tertiary alicyclic amines) is 1. The van der Waals surface area contributed by atoms with Crippen LogP contribution in [0.4, 0.5) is 5.69 Å². The van der Waals surface area contributed by atoms with Crippen LogP contribution in [0.1, 0.15) is 35.7 Å². The van der Waals surface area contributed by atoms with Crippen LogP contribution in [0.3, 0.4) is 0 Å². The lowest BCUT2D eigenvalue weighted by Gasteiger charge is -2.32. The molecule has 1 heterocycles.